The summed E-state index contributed by atoms with van der Waals surface area (Å²) in [6, 6.07) is 7.54. The van der Waals surface area contributed by atoms with Gasteiger partial charge in [-0.1, -0.05) is 6.58 Å². The van der Waals surface area contributed by atoms with Crippen molar-refractivity contribution < 1.29 is 56.6 Å². The monoisotopic (exact) mass is 690 g/mol. The predicted molar refractivity (Wildman–Crippen MR) is 151 cm³/mol. The molecule has 15 heteroatoms. The van der Waals surface area contributed by atoms with Crippen LogP contribution in [-0.4, -0.2) is 92.3 Å². The Kier molecular flexibility index (Phi) is 9.90. The highest BCUT2D eigenvalue weighted by atomic mass is 79.9. The van der Waals surface area contributed by atoms with Crippen LogP contribution >= 0.6 is 0 Å². The lowest BCUT2D eigenvalue weighted by atomic mass is 10.2. The van der Waals surface area contributed by atoms with Crippen LogP contribution in [0.15, 0.2) is 57.9 Å². The van der Waals surface area contributed by atoms with Gasteiger partial charge in [-0.05, 0) is 49.5 Å². The van der Waals surface area contributed by atoms with Crippen molar-refractivity contribution in [3.05, 3.63) is 60.2 Å². The molecule has 4 aromatic rings. The van der Waals surface area contributed by atoms with Crippen molar-refractivity contribution in [2.45, 2.75) is 12.4 Å². The van der Waals surface area contributed by atoms with Crippen LogP contribution in [-0.2, 0) is 12.4 Å². The van der Waals surface area contributed by atoms with Crippen LogP contribution in [0.2, 0.25) is 0 Å². The largest absolute Gasteiger partial charge is 1.00 e. The van der Waals surface area contributed by atoms with Crippen LogP contribution in [0.5, 0.6) is 0 Å². The van der Waals surface area contributed by atoms with Crippen molar-refractivity contribution in [3.63, 3.8) is 0 Å². The van der Waals surface area contributed by atoms with E-state index in [0.717, 1.165) is 87.7 Å². The van der Waals surface area contributed by atoms with Gasteiger partial charge in [0.1, 0.15) is 11.0 Å². The van der Waals surface area contributed by atoms with E-state index in [9.17, 15) is 26.3 Å². The number of anilines is 2. The molecule has 0 spiro atoms. The zero-order chi connectivity index (χ0) is 31.0. The lowest BCUT2D eigenvalue weighted by Crippen LogP contribution is -3.00. The predicted octanol–water partition coefficient (Wildman–Crippen LogP) is 2.90. The summed E-state index contributed by atoms with van der Waals surface area (Å²) in [6.45, 7) is 11.3. The number of benzene rings is 2. The number of quaternary nitrogens is 1. The summed E-state index contributed by atoms with van der Waals surface area (Å²) in [5, 5.41) is 0. The molecule has 0 radical (unpaired) electrons. The highest BCUT2D eigenvalue weighted by Gasteiger charge is 2.33. The maximum atomic E-state index is 12.8. The molecule has 240 valence electrons. The molecule has 44 heavy (non-hydrogen) atoms. The Morgan fingerprint density at radius 2 is 1.20 bits per heavy atom. The molecule has 2 aromatic heterocycles. The average molecular weight is 692 g/mol. The first-order valence-electron chi connectivity index (χ1n) is 13.8. The van der Waals surface area contributed by atoms with Crippen molar-refractivity contribution >= 4 is 34.2 Å². The summed E-state index contributed by atoms with van der Waals surface area (Å²) >= 11 is 0. The second-order valence-electron chi connectivity index (χ2n) is 11.2. The summed E-state index contributed by atoms with van der Waals surface area (Å²) in [6.07, 6.45) is -6.82. The standard InChI is InChI=1S/C16H19F3N3O.C13H14F3N3O.BrH/c1-3-8-22(2)9-6-21(7-10-22)15-20-13-11-12(16(17,18)19)4-5-14(13)23-15;1-18-4-6-19(7-5-18)12-17-10-8-9(13(14,15)16)2-3-11(10)20-12;/h3-5,11H,1,6-10H2,2H3;2-3,8H,4-7H2,1H3;1H/q+1;;/p-1. The Morgan fingerprint density at radius 3 is 1.61 bits per heavy atom. The molecule has 0 amide bonds. The van der Waals surface area contributed by atoms with Crippen LogP contribution in [0.4, 0.5) is 38.4 Å². The van der Waals surface area contributed by atoms with E-state index < -0.39 is 23.5 Å². The molecule has 0 bridgehead atoms. The van der Waals surface area contributed by atoms with E-state index >= 15 is 0 Å². The molecular formula is C29H33BrF6N6O2. The second-order valence-corrected chi connectivity index (χ2v) is 11.2. The van der Waals surface area contributed by atoms with Gasteiger partial charge in [0.15, 0.2) is 11.2 Å². The molecule has 0 saturated carbocycles. The van der Waals surface area contributed by atoms with Gasteiger partial charge in [-0.3, -0.25) is 0 Å². The van der Waals surface area contributed by atoms with E-state index in [4.69, 9.17) is 8.83 Å². The molecule has 6 rings (SSSR count). The van der Waals surface area contributed by atoms with E-state index in [1.165, 1.54) is 12.1 Å². The highest BCUT2D eigenvalue weighted by Crippen LogP contribution is 2.34. The number of halogens is 7. The Labute approximate surface area is 260 Å². The van der Waals surface area contributed by atoms with Crippen molar-refractivity contribution in [2.24, 2.45) is 0 Å². The minimum absolute atomic E-state index is 0. The first-order chi connectivity index (χ1) is 20.2. The van der Waals surface area contributed by atoms with E-state index in [0.29, 0.717) is 23.2 Å². The third-order valence-corrected chi connectivity index (χ3v) is 7.84. The molecule has 2 saturated heterocycles. The van der Waals surface area contributed by atoms with Crippen LogP contribution in [0.25, 0.3) is 22.2 Å². The molecule has 2 aromatic carbocycles. The van der Waals surface area contributed by atoms with E-state index in [1.807, 2.05) is 22.9 Å². The lowest BCUT2D eigenvalue weighted by molar-refractivity contribution is -0.904. The maximum Gasteiger partial charge on any atom is 0.416 e. The Bertz CT molecular complexity index is 1570. The van der Waals surface area contributed by atoms with Crippen molar-refractivity contribution in [1.82, 2.24) is 14.9 Å². The number of oxazole rings is 2. The number of rotatable bonds is 4. The highest BCUT2D eigenvalue weighted by molar-refractivity contribution is 5.76. The zero-order valence-electron chi connectivity index (χ0n) is 24.3. The number of hydrogen-bond acceptors (Lipinski definition) is 7. The fraction of sp³-hybridized carbons (Fsp3) is 0.448. The van der Waals surface area contributed by atoms with Gasteiger partial charge in [0.05, 0.1) is 50.9 Å². The van der Waals surface area contributed by atoms with Crippen LogP contribution < -0.4 is 26.8 Å². The fourth-order valence-corrected chi connectivity index (χ4v) is 5.08. The molecule has 2 aliphatic rings. The minimum Gasteiger partial charge on any atom is -1.00 e. The summed E-state index contributed by atoms with van der Waals surface area (Å²) in [5.74, 6) is 0. The molecule has 0 aliphatic carbocycles. The van der Waals surface area contributed by atoms with Crippen molar-refractivity contribution in [2.75, 3.05) is 82.8 Å². The van der Waals surface area contributed by atoms with E-state index in [1.54, 1.807) is 0 Å². The number of fused-ring (bicyclic) bond motifs is 2. The Morgan fingerprint density at radius 1 is 0.773 bits per heavy atom. The van der Waals surface area contributed by atoms with Crippen molar-refractivity contribution in [3.8, 4) is 0 Å². The SMILES string of the molecule is C=CC[N+]1(C)CCN(c2nc3cc(C(F)(F)F)ccc3o2)CC1.CN1CCN(c2nc3cc(C(F)(F)F)ccc3o2)CC1.[Br-]. The van der Waals surface area contributed by atoms with E-state index in [-0.39, 0.29) is 28.0 Å². The van der Waals surface area contributed by atoms with Gasteiger partial charge < -0.3 is 45.0 Å². The van der Waals surface area contributed by atoms with Gasteiger partial charge >= 0.3 is 12.4 Å². The molecule has 4 heterocycles. The number of likely N-dealkylation sites (N-methyl/N-ethyl adjacent to an activating group) is 2. The second kappa shape index (κ2) is 13.0. The normalized spacial score (nSPS) is 17.7. The van der Waals surface area contributed by atoms with Gasteiger partial charge in [0.2, 0.25) is 0 Å². The fourth-order valence-electron chi connectivity index (χ4n) is 5.08. The molecule has 8 nitrogen and oxygen atoms in total. The molecular weight excluding hydrogens is 658 g/mol. The summed E-state index contributed by atoms with van der Waals surface area (Å²) in [7, 11) is 4.19. The van der Waals surface area contributed by atoms with Crippen molar-refractivity contribution in [1.29, 1.82) is 0 Å². The van der Waals surface area contributed by atoms with Crippen LogP contribution in [0.1, 0.15) is 11.1 Å². The van der Waals surface area contributed by atoms with Gasteiger partial charge in [-0.15, -0.1) is 0 Å². The van der Waals surface area contributed by atoms with Crippen LogP contribution in [0.3, 0.4) is 0 Å². The summed E-state index contributed by atoms with van der Waals surface area (Å²) in [4.78, 5) is 14.5. The van der Waals surface area contributed by atoms with Gasteiger partial charge in [0.25, 0.3) is 12.0 Å². The molecule has 2 aliphatic heterocycles. The van der Waals surface area contributed by atoms with Gasteiger partial charge in [-0.25, -0.2) is 0 Å². The number of nitrogens with zero attached hydrogens (tertiary/aromatic N) is 6. The smallest absolute Gasteiger partial charge is 0.416 e. The van der Waals surface area contributed by atoms with E-state index in [2.05, 4.69) is 28.5 Å². The summed E-state index contributed by atoms with van der Waals surface area (Å²) < 4.78 is 88.3. The third kappa shape index (κ3) is 7.67. The molecule has 0 N–H and O–H groups in total. The molecule has 2 fully saturated rings. The topological polar surface area (TPSA) is 61.8 Å². The first kappa shape index (κ1) is 33.6. The first-order valence-corrected chi connectivity index (χ1v) is 13.8. The quantitative estimate of drug-likeness (QED) is 0.186. The lowest BCUT2D eigenvalue weighted by Gasteiger charge is -2.40. The number of piperazine rings is 2. The third-order valence-electron chi connectivity index (χ3n) is 7.84. The molecule has 0 atom stereocenters. The van der Waals surface area contributed by atoms with Gasteiger partial charge in [0, 0.05) is 26.2 Å². The molecule has 0 unspecified atom stereocenters. The number of hydrogen-bond donors (Lipinski definition) is 0. The Balaban J connectivity index is 0.000000198. The van der Waals surface area contributed by atoms with Crippen LogP contribution in [0, 0.1) is 0 Å². The number of alkyl halides is 6. The summed E-state index contributed by atoms with van der Waals surface area (Å²) in [5.41, 5.74) is -0.173. The number of aromatic nitrogens is 2. The minimum atomic E-state index is -4.37. The van der Waals surface area contributed by atoms with Gasteiger partial charge in [-0.2, -0.15) is 36.3 Å². The maximum absolute atomic E-state index is 12.8. The average Bonchev–Trinajstić information content (AvgIpc) is 3.57. The zero-order valence-corrected chi connectivity index (χ0v) is 25.8. The Hall–Kier alpha value is -3.30.